The minimum atomic E-state index is -0.128. The van der Waals surface area contributed by atoms with Crippen LogP contribution in [0, 0.1) is 11.3 Å². The minimum absolute atomic E-state index is 0.128. The number of methoxy groups -OCH3 is 1. The molecule has 0 aromatic heterocycles. The van der Waals surface area contributed by atoms with Crippen molar-refractivity contribution >= 4 is 11.6 Å². The van der Waals surface area contributed by atoms with E-state index in [2.05, 4.69) is 11.4 Å². The summed E-state index contributed by atoms with van der Waals surface area (Å²) < 4.78 is 5.07. The van der Waals surface area contributed by atoms with Crippen molar-refractivity contribution in [1.29, 1.82) is 5.26 Å². The lowest BCUT2D eigenvalue weighted by Crippen LogP contribution is -2.26. The Balaban J connectivity index is 2.52. The van der Waals surface area contributed by atoms with Crippen LogP contribution in [0.1, 0.15) is 12.5 Å². The van der Waals surface area contributed by atoms with Gasteiger partial charge < -0.3 is 10.1 Å². The molecule has 1 rings (SSSR count). The molecule has 0 heterocycles. The Morgan fingerprint density at radius 3 is 2.88 bits per heavy atom. The number of hydrogen-bond acceptors (Lipinski definition) is 3. The van der Waals surface area contributed by atoms with Crippen LogP contribution in [0.15, 0.2) is 18.2 Å². The van der Waals surface area contributed by atoms with E-state index in [0.29, 0.717) is 5.02 Å². The standard InChI is InChI=1S/C12H15ClN2O/c1-9(8-14)15-6-5-10-3-4-11(16-2)7-12(10)13/h3-4,7,9,15H,5-6H2,1-2H3. The molecule has 0 aliphatic carbocycles. The van der Waals surface area contributed by atoms with Crippen LogP contribution in [0.25, 0.3) is 0 Å². The van der Waals surface area contributed by atoms with Gasteiger partial charge in [0.1, 0.15) is 5.75 Å². The van der Waals surface area contributed by atoms with Crippen LogP contribution in [0.2, 0.25) is 5.02 Å². The smallest absolute Gasteiger partial charge is 0.120 e. The van der Waals surface area contributed by atoms with Crippen molar-refractivity contribution in [3.05, 3.63) is 28.8 Å². The summed E-state index contributed by atoms with van der Waals surface area (Å²) in [6.45, 7) is 2.57. The maximum Gasteiger partial charge on any atom is 0.120 e. The van der Waals surface area contributed by atoms with Crippen LogP contribution < -0.4 is 10.1 Å². The van der Waals surface area contributed by atoms with E-state index in [1.54, 1.807) is 13.2 Å². The van der Waals surface area contributed by atoms with E-state index in [-0.39, 0.29) is 6.04 Å². The lowest BCUT2D eigenvalue weighted by atomic mass is 10.1. The van der Waals surface area contributed by atoms with Gasteiger partial charge in [0.2, 0.25) is 0 Å². The first kappa shape index (κ1) is 12.8. The van der Waals surface area contributed by atoms with Crippen molar-refractivity contribution in [2.75, 3.05) is 13.7 Å². The van der Waals surface area contributed by atoms with Gasteiger partial charge in [-0.1, -0.05) is 17.7 Å². The van der Waals surface area contributed by atoms with Gasteiger partial charge in [-0.05, 0) is 31.0 Å². The van der Waals surface area contributed by atoms with Crippen LogP contribution in [-0.4, -0.2) is 19.7 Å². The summed E-state index contributed by atoms with van der Waals surface area (Å²) in [7, 11) is 1.61. The number of nitrogens with one attached hydrogen (secondary N) is 1. The molecule has 16 heavy (non-hydrogen) atoms. The second kappa shape index (κ2) is 6.37. The van der Waals surface area contributed by atoms with E-state index < -0.39 is 0 Å². The Labute approximate surface area is 101 Å². The zero-order valence-electron chi connectivity index (χ0n) is 9.46. The maximum atomic E-state index is 8.60. The Morgan fingerprint density at radius 1 is 1.56 bits per heavy atom. The van der Waals surface area contributed by atoms with Crippen LogP contribution in [0.3, 0.4) is 0 Å². The van der Waals surface area contributed by atoms with Crippen LogP contribution in [-0.2, 0) is 6.42 Å². The van der Waals surface area contributed by atoms with Crippen molar-refractivity contribution < 1.29 is 4.74 Å². The molecule has 0 radical (unpaired) electrons. The van der Waals surface area contributed by atoms with Gasteiger partial charge >= 0.3 is 0 Å². The van der Waals surface area contributed by atoms with Crippen molar-refractivity contribution in [3.8, 4) is 11.8 Å². The maximum absolute atomic E-state index is 8.60. The lowest BCUT2D eigenvalue weighted by molar-refractivity contribution is 0.414. The summed E-state index contributed by atoms with van der Waals surface area (Å²) in [6, 6.07) is 7.62. The molecule has 0 amide bonds. The number of ether oxygens (including phenoxy) is 1. The molecule has 1 N–H and O–H groups in total. The zero-order chi connectivity index (χ0) is 12.0. The molecular weight excluding hydrogens is 224 g/mol. The molecule has 0 bridgehead atoms. The van der Waals surface area contributed by atoms with E-state index in [1.807, 2.05) is 19.1 Å². The molecule has 0 saturated carbocycles. The Bertz CT molecular complexity index is 387. The molecule has 1 unspecified atom stereocenters. The molecule has 86 valence electrons. The molecule has 0 spiro atoms. The number of halogens is 1. The second-order valence-electron chi connectivity index (χ2n) is 3.51. The van der Waals surface area contributed by atoms with E-state index in [9.17, 15) is 0 Å². The summed E-state index contributed by atoms with van der Waals surface area (Å²) >= 11 is 6.08. The third-order valence-electron chi connectivity index (χ3n) is 2.30. The van der Waals surface area contributed by atoms with Gasteiger partial charge in [-0.15, -0.1) is 0 Å². The Hall–Kier alpha value is -1.24. The summed E-state index contributed by atoms with van der Waals surface area (Å²) in [5.41, 5.74) is 1.06. The van der Waals surface area contributed by atoms with Gasteiger partial charge in [0.15, 0.2) is 0 Å². The fourth-order valence-electron chi connectivity index (χ4n) is 1.33. The number of benzene rings is 1. The van der Waals surface area contributed by atoms with Gasteiger partial charge in [-0.2, -0.15) is 5.26 Å². The monoisotopic (exact) mass is 238 g/mol. The predicted molar refractivity (Wildman–Crippen MR) is 64.8 cm³/mol. The van der Waals surface area contributed by atoms with E-state index in [4.69, 9.17) is 21.6 Å². The van der Waals surface area contributed by atoms with Gasteiger partial charge in [0.05, 0.1) is 19.2 Å². The number of hydrogen-bond donors (Lipinski definition) is 1. The molecule has 0 fully saturated rings. The normalized spacial score (nSPS) is 11.9. The van der Waals surface area contributed by atoms with Crippen LogP contribution in [0.5, 0.6) is 5.75 Å². The summed E-state index contributed by atoms with van der Waals surface area (Å²) in [6.07, 6.45) is 0.800. The average Bonchev–Trinajstić information content (AvgIpc) is 2.30. The molecule has 0 aliphatic rings. The van der Waals surface area contributed by atoms with Crippen molar-refractivity contribution in [2.45, 2.75) is 19.4 Å². The first-order valence-electron chi connectivity index (χ1n) is 5.12. The summed E-state index contributed by atoms with van der Waals surface area (Å²) in [5.74, 6) is 0.757. The quantitative estimate of drug-likeness (QED) is 0.857. The van der Waals surface area contributed by atoms with E-state index >= 15 is 0 Å². The van der Waals surface area contributed by atoms with Crippen molar-refractivity contribution in [1.82, 2.24) is 5.32 Å². The molecule has 1 atom stereocenters. The SMILES string of the molecule is COc1ccc(CCNC(C)C#N)c(Cl)c1. The van der Waals surface area contributed by atoms with Gasteiger partial charge in [-0.25, -0.2) is 0 Å². The van der Waals surface area contributed by atoms with Gasteiger partial charge in [0.25, 0.3) is 0 Å². The minimum Gasteiger partial charge on any atom is -0.497 e. The van der Waals surface area contributed by atoms with E-state index in [1.165, 1.54) is 0 Å². The highest BCUT2D eigenvalue weighted by Gasteiger charge is 2.03. The number of nitrogens with zero attached hydrogens (tertiary/aromatic N) is 1. The number of rotatable bonds is 5. The molecular formula is C12H15ClN2O. The first-order chi connectivity index (χ1) is 7.67. The molecule has 3 nitrogen and oxygen atoms in total. The third-order valence-corrected chi connectivity index (χ3v) is 2.65. The highest BCUT2D eigenvalue weighted by molar-refractivity contribution is 6.31. The Kier molecular flexibility index (Phi) is 5.10. The van der Waals surface area contributed by atoms with Crippen molar-refractivity contribution in [3.63, 3.8) is 0 Å². The summed E-state index contributed by atoms with van der Waals surface area (Å²) in [4.78, 5) is 0. The summed E-state index contributed by atoms with van der Waals surface area (Å²) in [5, 5.41) is 12.4. The largest absolute Gasteiger partial charge is 0.497 e. The zero-order valence-corrected chi connectivity index (χ0v) is 10.2. The van der Waals surface area contributed by atoms with Gasteiger partial charge in [-0.3, -0.25) is 0 Å². The van der Waals surface area contributed by atoms with Crippen molar-refractivity contribution in [2.24, 2.45) is 0 Å². The molecule has 0 saturated heterocycles. The fraction of sp³-hybridized carbons (Fsp3) is 0.417. The molecule has 0 aliphatic heterocycles. The second-order valence-corrected chi connectivity index (χ2v) is 3.92. The average molecular weight is 239 g/mol. The highest BCUT2D eigenvalue weighted by atomic mass is 35.5. The highest BCUT2D eigenvalue weighted by Crippen LogP contribution is 2.22. The first-order valence-corrected chi connectivity index (χ1v) is 5.50. The lowest BCUT2D eigenvalue weighted by Gasteiger charge is -2.08. The Morgan fingerprint density at radius 2 is 2.31 bits per heavy atom. The molecule has 4 heteroatoms. The predicted octanol–water partition coefficient (Wildman–Crippen LogP) is 2.39. The van der Waals surface area contributed by atoms with Gasteiger partial charge in [0, 0.05) is 11.6 Å². The topological polar surface area (TPSA) is 45.0 Å². The van der Waals surface area contributed by atoms with E-state index in [0.717, 1.165) is 24.3 Å². The fourth-order valence-corrected chi connectivity index (χ4v) is 1.59. The van der Waals surface area contributed by atoms with Crippen LogP contribution in [0.4, 0.5) is 0 Å². The van der Waals surface area contributed by atoms with Crippen LogP contribution >= 0.6 is 11.6 Å². The third kappa shape index (κ3) is 3.73. The molecule has 1 aromatic rings. The number of nitriles is 1. The molecule has 1 aromatic carbocycles.